The van der Waals surface area contributed by atoms with Crippen molar-refractivity contribution in [2.24, 2.45) is 0 Å². The molecule has 0 aliphatic heterocycles. The number of nitrogens with zero attached hydrogens (tertiary/aromatic N) is 2. The summed E-state index contributed by atoms with van der Waals surface area (Å²) in [6, 6.07) is 7.27. The Kier molecular flexibility index (Phi) is 4.28. The van der Waals surface area contributed by atoms with Gasteiger partial charge in [-0.25, -0.2) is 0 Å². The van der Waals surface area contributed by atoms with E-state index < -0.39 is 0 Å². The van der Waals surface area contributed by atoms with E-state index in [9.17, 15) is 4.79 Å². The standard InChI is InChI=1S/C12H12ClN3OS/c1-2-7-14-12(17)10-11(18-16-15-10)8-3-5-9(13)6-4-8/h3-6H,2,7H2,1H3,(H,14,17). The van der Waals surface area contributed by atoms with Gasteiger partial charge in [0, 0.05) is 11.6 Å². The van der Waals surface area contributed by atoms with Gasteiger partial charge in [-0.1, -0.05) is 35.1 Å². The van der Waals surface area contributed by atoms with E-state index in [0.717, 1.165) is 16.9 Å². The summed E-state index contributed by atoms with van der Waals surface area (Å²) >= 11 is 7.04. The molecule has 0 saturated heterocycles. The van der Waals surface area contributed by atoms with Gasteiger partial charge in [0.1, 0.15) is 0 Å². The third kappa shape index (κ3) is 2.86. The van der Waals surface area contributed by atoms with Crippen LogP contribution in [0.5, 0.6) is 0 Å². The largest absolute Gasteiger partial charge is 0.351 e. The molecule has 0 fully saturated rings. The van der Waals surface area contributed by atoms with Gasteiger partial charge >= 0.3 is 0 Å². The minimum Gasteiger partial charge on any atom is -0.351 e. The lowest BCUT2D eigenvalue weighted by atomic mass is 10.1. The molecule has 0 aliphatic rings. The third-order valence-electron chi connectivity index (χ3n) is 2.35. The van der Waals surface area contributed by atoms with E-state index in [0.29, 0.717) is 17.3 Å². The van der Waals surface area contributed by atoms with Crippen molar-refractivity contribution in [1.82, 2.24) is 14.9 Å². The van der Waals surface area contributed by atoms with E-state index in [1.165, 1.54) is 11.5 Å². The molecule has 0 unspecified atom stereocenters. The van der Waals surface area contributed by atoms with E-state index in [1.54, 1.807) is 12.1 Å². The summed E-state index contributed by atoms with van der Waals surface area (Å²) in [5.41, 5.74) is 1.27. The Morgan fingerprint density at radius 3 is 2.78 bits per heavy atom. The molecule has 1 aromatic heterocycles. The summed E-state index contributed by atoms with van der Waals surface area (Å²) < 4.78 is 3.85. The molecule has 1 heterocycles. The predicted molar refractivity (Wildman–Crippen MR) is 73.0 cm³/mol. The van der Waals surface area contributed by atoms with Crippen molar-refractivity contribution in [1.29, 1.82) is 0 Å². The zero-order valence-electron chi connectivity index (χ0n) is 9.81. The minimum atomic E-state index is -0.185. The number of carbonyl (C=O) groups is 1. The van der Waals surface area contributed by atoms with Crippen LogP contribution in [0.15, 0.2) is 24.3 Å². The van der Waals surface area contributed by atoms with E-state index in [4.69, 9.17) is 11.6 Å². The van der Waals surface area contributed by atoms with Crippen LogP contribution in [0.1, 0.15) is 23.8 Å². The number of carbonyl (C=O) groups excluding carboxylic acids is 1. The Morgan fingerprint density at radius 2 is 2.11 bits per heavy atom. The van der Waals surface area contributed by atoms with Gasteiger partial charge < -0.3 is 5.32 Å². The first-order valence-electron chi connectivity index (χ1n) is 5.59. The number of aromatic nitrogens is 2. The van der Waals surface area contributed by atoms with Crippen molar-refractivity contribution in [2.45, 2.75) is 13.3 Å². The average Bonchev–Trinajstić information content (AvgIpc) is 2.86. The normalized spacial score (nSPS) is 10.3. The van der Waals surface area contributed by atoms with Crippen LogP contribution in [0.25, 0.3) is 10.4 Å². The molecule has 2 rings (SSSR count). The number of amides is 1. The summed E-state index contributed by atoms with van der Waals surface area (Å²) in [6.45, 7) is 2.64. The number of halogens is 1. The zero-order valence-corrected chi connectivity index (χ0v) is 11.4. The van der Waals surface area contributed by atoms with Crippen LogP contribution in [0.2, 0.25) is 5.02 Å². The molecule has 2 aromatic rings. The summed E-state index contributed by atoms with van der Waals surface area (Å²) in [6.07, 6.45) is 0.888. The van der Waals surface area contributed by atoms with Crippen LogP contribution in [-0.4, -0.2) is 22.0 Å². The Bertz CT molecular complexity index is 539. The average molecular weight is 282 g/mol. The molecule has 0 atom stereocenters. The molecule has 18 heavy (non-hydrogen) atoms. The van der Waals surface area contributed by atoms with E-state index in [2.05, 4.69) is 14.9 Å². The molecule has 1 amide bonds. The Morgan fingerprint density at radius 1 is 1.39 bits per heavy atom. The maximum atomic E-state index is 11.9. The first-order valence-corrected chi connectivity index (χ1v) is 6.74. The predicted octanol–water partition coefficient (Wildman–Crippen LogP) is 3.00. The quantitative estimate of drug-likeness (QED) is 0.937. The van der Waals surface area contributed by atoms with Crippen LogP contribution < -0.4 is 5.32 Å². The Balaban J connectivity index is 2.27. The number of rotatable bonds is 4. The van der Waals surface area contributed by atoms with Crippen LogP contribution in [0, 0.1) is 0 Å². The van der Waals surface area contributed by atoms with Crippen molar-refractivity contribution in [3.63, 3.8) is 0 Å². The summed E-state index contributed by atoms with van der Waals surface area (Å²) in [7, 11) is 0. The molecule has 6 heteroatoms. The smallest absolute Gasteiger partial charge is 0.273 e. The van der Waals surface area contributed by atoms with Crippen molar-refractivity contribution >= 4 is 29.0 Å². The molecule has 0 radical (unpaired) electrons. The van der Waals surface area contributed by atoms with Gasteiger partial charge in [0.25, 0.3) is 5.91 Å². The van der Waals surface area contributed by atoms with Gasteiger partial charge in [0.15, 0.2) is 5.69 Å². The summed E-state index contributed by atoms with van der Waals surface area (Å²) in [5.74, 6) is -0.185. The molecule has 0 aliphatic carbocycles. The number of nitrogens with one attached hydrogen (secondary N) is 1. The minimum absolute atomic E-state index is 0.185. The molecule has 0 saturated carbocycles. The molecular weight excluding hydrogens is 270 g/mol. The maximum Gasteiger partial charge on any atom is 0.273 e. The summed E-state index contributed by atoms with van der Waals surface area (Å²) in [5, 5.41) is 7.35. The monoisotopic (exact) mass is 281 g/mol. The second-order valence-corrected chi connectivity index (χ2v) is 4.90. The highest BCUT2D eigenvalue weighted by Crippen LogP contribution is 2.27. The SMILES string of the molecule is CCCNC(=O)c1nnsc1-c1ccc(Cl)cc1. The van der Waals surface area contributed by atoms with Crippen molar-refractivity contribution < 1.29 is 4.79 Å². The molecule has 0 spiro atoms. The molecule has 94 valence electrons. The van der Waals surface area contributed by atoms with E-state index in [-0.39, 0.29) is 5.91 Å². The van der Waals surface area contributed by atoms with Gasteiger partial charge in [0.2, 0.25) is 0 Å². The van der Waals surface area contributed by atoms with Crippen molar-refractivity contribution in [3.05, 3.63) is 35.0 Å². The number of hydrogen-bond donors (Lipinski definition) is 1. The van der Waals surface area contributed by atoms with Gasteiger partial charge in [-0.05, 0) is 35.6 Å². The fourth-order valence-corrected chi connectivity index (χ4v) is 2.24. The van der Waals surface area contributed by atoms with Crippen LogP contribution >= 0.6 is 23.1 Å². The maximum absolute atomic E-state index is 11.9. The Hall–Kier alpha value is -1.46. The molecule has 1 N–H and O–H groups in total. The van der Waals surface area contributed by atoms with Crippen molar-refractivity contribution in [3.8, 4) is 10.4 Å². The van der Waals surface area contributed by atoms with Crippen LogP contribution in [0.4, 0.5) is 0 Å². The summed E-state index contributed by atoms with van der Waals surface area (Å²) in [4.78, 5) is 12.7. The molecule has 1 aromatic carbocycles. The Labute approximate surface area is 114 Å². The van der Waals surface area contributed by atoms with Gasteiger partial charge in [-0.2, -0.15) is 0 Å². The van der Waals surface area contributed by atoms with E-state index in [1.807, 2.05) is 19.1 Å². The second kappa shape index (κ2) is 5.93. The number of benzene rings is 1. The van der Waals surface area contributed by atoms with Gasteiger partial charge in [0.05, 0.1) is 4.88 Å². The zero-order chi connectivity index (χ0) is 13.0. The fourth-order valence-electron chi connectivity index (χ4n) is 1.45. The molecule has 0 bridgehead atoms. The highest BCUT2D eigenvalue weighted by atomic mass is 35.5. The van der Waals surface area contributed by atoms with Crippen LogP contribution in [-0.2, 0) is 0 Å². The number of hydrogen-bond acceptors (Lipinski definition) is 4. The van der Waals surface area contributed by atoms with Gasteiger partial charge in [-0.15, -0.1) is 5.10 Å². The lowest BCUT2D eigenvalue weighted by Gasteiger charge is -2.02. The topological polar surface area (TPSA) is 54.9 Å². The van der Waals surface area contributed by atoms with Gasteiger partial charge in [-0.3, -0.25) is 4.79 Å². The highest BCUT2D eigenvalue weighted by molar-refractivity contribution is 7.09. The molecular formula is C12H12ClN3OS. The lowest BCUT2D eigenvalue weighted by Crippen LogP contribution is -2.24. The highest BCUT2D eigenvalue weighted by Gasteiger charge is 2.17. The van der Waals surface area contributed by atoms with Crippen LogP contribution in [0.3, 0.4) is 0 Å². The molecule has 4 nitrogen and oxygen atoms in total. The third-order valence-corrected chi connectivity index (χ3v) is 3.37. The second-order valence-electron chi connectivity index (χ2n) is 3.71. The first-order chi connectivity index (χ1) is 8.72. The fraction of sp³-hybridized carbons (Fsp3) is 0.250. The van der Waals surface area contributed by atoms with E-state index >= 15 is 0 Å². The first kappa shape index (κ1) is 13.0. The van der Waals surface area contributed by atoms with Crippen molar-refractivity contribution in [2.75, 3.05) is 6.54 Å². The lowest BCUT2D eigenvalue weighted by molar-refractivity contribution is 0.0949.